The minimum atomic E-state index is -0.520. The Kier molecular flexibility index (Phi) is 5.35. The van der Waals surface area contributed by atoms with Crippen LogP contribution in [-0.2, 0) is 6.54 Å². The average Bonchev–Trinajstić information content (AvgIpc) is 2.60. The maximum absolute atomic E-state index is 10.2. The van der Waals surface area contributed by atoms with Crippen LogP contribution in [0.5, 0.6) is 0 Å². The fraction of sp³-hybridized carbons (Fsp3) is 0.625. The molecule has 1 aromatic rings. The van der Waals surface area contributed by atoms with E-state index in [-0.39, 0.29) is 0 Å². The predicted molar refractivity (Wildman–Crippen MR) is 87.4 cm³/mol. The summed E-state index contributed by atoms with van der Waals surface area (Å²) in [4.78, 5) is 3.69. The summed E-state index contributed by atoms with van der Waals surface area (Å²) < 4.78 is 0. The third-order valence-corrected chi connectivity index (χ3v) is 5.00. The summed E-state index contributed by atoms with van der Waals surface area (Å²) in [7, 11) is 0. The van der Waals surface area contributed by atoms with E-state index in [4.69, 9.17) is 5.73 Å². The standard InChI is InChI=1S/C16H26N2OS/c1-3-20-15-7-4-6-14(13(15)12-17)18-10-5-8-16(2,19)9-11-18/h4,6-7,19H,3,5,8-12,17H2,1-2H3. The Morgan fingerprint density at radius 3 is 2.85 bits per heavy atom. The van der Waals surface area contributed by atoms with Crippen LogP contribution in [-0.4, -0.2) is 29.5 Å². The topological polar surface area (TPSA) is 49.5 Å². The van der Waals surface area contributed by atoms with Crippen molar-refractivity contribution in [3.63, 3.8) is 0 Å². The van der Waals surface area contributed by atoms with E-state index >= 15 is 0 Å². The average molecular weight is 294 g/mol. The lowest BCUT2D eigenvalue weighted by atomic mass is 9.98. The van der Waals surface area contributed by atoms with Gasteiger partial charge >= 0.3 is 0 Å². The Hall–Kier alpha value is -0.710. The molecule has 0 aromatic heterocycles. The van der Waals surface area contributed by atoms with E-state index in [9.17, 15) is 5.11 Å². The van der Waals surface area contributed by atoms with Crippen molar-refractivity contribution >= 4 is 17.4 Å². The minimum Gasteiger partial charge on any atom is -0.390 e. The van der Waals surface area contributed by atoms with Crippen molar-refractivity contribution in [2.75, 3.05) is 23.7 Å². The lowest BCUT2D eigenvalue weighted by Crippen LogP contribution is -2.29. The molecule has 1 fully saturated rings. The van der Waals surface area contributed by atoms with Crippen molar-refractivity contribution in [1.29, 1.82) is 0 Å². The molecule has 112 valence electrons. The van der Waals surface area contributed by atoms with Gasteiger partial charge in [0.2, 0.25) is 0 Å². The summed E-state index contributed by atoms with van der Waals surface area (Å²) in [6.45, 7) is 6.60. The molecule has 1 aromatic carbocycles. The molecule has 0 aliphatic carbocycles. The Labute approximate surface area is 126 Å². The molecule has 2 rings (SSSR count). The van der Waals surface area contributed by atoms with Gasteiger partial charge in [-0.25, -0.2) is 0 Å². The second-order valence-corrected chi connectivity index (χ2v) is 7.03. The molecule has 0 bridgehead atoms. The summed E-state index contributed by atoms with van der Waals surface area (Å²) in [5, 5.41) is 10.2. The molecule has 20 heavy (non-hydrogen) atoms. The highest BCUT2D eigenvalue weighted by Crippen LogP contribution is 2.33. The van der Waals surface area contributed by atoms with Gasteiger partial charge in [0.15, 0.2) is 0 Å². The molecule has 1 saturated heterocycles. The van der Waals surface area contributed by atoms with Crippen molar-refractivity contribution in [3.05, 3.63) is 23.8 Å². The zero-order valence-corrected chi connectivity index (χ0v) is 13.4. The van der Waals surface area contributed by atoms with E-state index in [2.05, 4.69) is 30.0 Å². The van der Waals surface area contributed by atoms with Gasteiger partial charge in [-0.3, -0.25) is 0 Å². The van der Waals surface area contributed by atoms with Crippen molar-refractivity contribution < 1.29 is 5.11 Å². The zero-order valence-electron chi connectivity index (χ0n) is 12.6. The van der Waals surface area contributed by atoms with Gasteiger partial charge in [-0.2, -0.15) is 0 Å². The molecule has 4 heteroatoms. The van der Waals surface area contributed by atoms with Crippen LogP contribution in [0, 0.1) is 0 Å². The number of thioether (sulfide) groups is 1. The second kappa shape index (κ2) is 6.83. The molecular weight excluding hydrogens is 268 g/mol. The maximum atomic E-state index is 10.2. The van der Waals surface area contributed by atoms with Crippen molar-refractivity contribution in [2.45, 2.75) is 50.2 Å². The number of rotatable bonds is 4. The van der Waals surface area contributed by atoms with Gasteiger partial charge in [-0.05, 0) is 44.1 Å². The highest BCUT2D eigenvalue weighted by molar-refractivity contribution is 7.99. The largest absolute Gasteiger partial charge is 0.390 e. The van der Waals surface area contributed by atoms with Gasteiger partial charge in [0.25, 0.3) is 0 Å². The molecule has 3 nitrogen and oxygen atoms in total. The summed E-state index contributed by atoms with van der Waals surface area (Å²) in [6, 6.07) is 6.45. The first-order valence-corrected chi connectivity index (χ1v) is 8.48. The van der Waals surface area contributed by atoms with Gasteiger partial charge in [-0.15, -0.1) is 11.8 Å². The highest BCUT2D eigenvalue weighted by Gasteiger charge is 2.26. The van der Waals surface area contributed by atoms with Gasteiger partial charge in [-0.1, -0.05) is 13.0 Å². The molecule has 1 aliphatic rings. The predicted octanol–water partition coefficient (Wildman–Crippen LogP) is 3.00. The Bertz CT molecular complexity index is 448. The van der Waals surface area contributed by atoms with Crippen LogP contribution in [0.25, 0.3) is 0 Å². The summed E-state index contributed by atoms with van der Waals surface area (Å²) in [6.07, 6.45) is 2.73. The third-order valence-electron chi connectivity index (χ3n) is 4.02. The van der Waals surface area contributed by atoms with Crippen molar-refractivity contribution in [1.82, 2.24) is 0 Å². The van der Waals surface area contributed by atoms with Crippen LogP contribution in [0.3, 0.4) is 0 Å². The molecule has 1 unspecified atom stereocenters. The Morgan fingerprint density at radius 1 is 1.35 bits per heavy atom. The number of benzene rings is 1. The minimum absolute atomic E-state index is 0.520. The quantitative estimate of drug-likeness (QED) is 0.838. The van der Waals surface area contributed by atoms with E-state index in [0.29, 0.717) is 6.54 Å². The number of hydrogen-bond acceptors (Lipinski definition) is 4. The van der Waals surface area contributed by atoms with Crippen LogP contribution in [0.1, 0.15) is 38.7 Å². The molecular formula is C16H26N2OS. The Morgan fingerprint density at radius 2 is 2.15 bits per heavy atom. The van der Waals surface area contributed by atoms with E-state index in [1.807, 2.05) is 18.7 Å². The molecule has 1 atom stereocenters. The lowest BCUT2D eigenvalue weighted by molar-refractivity contribution is 0.0481. The third kappa shape index (κ3) is 3.68. The van der Waals surface area contributed by atoms with Gasteiger partial charge < -0.3 is 15.7 Å². The number of aliphatic hydroxyl groups is 1. The van der Waals surface area contributed by atoms with Gasteiger partial charge in [0, 0.05) is 35.8 Å². The normalized spacial score (nSPS) is 23.7. The fourth-order valence-corrected chi connectivity index (χ4v) is 3.70. The van der Waals surface area contributed by atoms with E-state index < -0.39 is 5.60 Å². The maximum Gasteiger partial charge on any atom is 0.0637 e. The summed E-state index contributed by atoms with van der Waals surface area (Å²) in [5.41, 5.74) is 7.98. The number of hydrogen-bond donors (Lipinski definition) is 2. The molecule has 3 N–H and O–H groups in total. The summed E-state index contributed by atoms with van der Waals surface area (Å²) >= 11 is 1.85. The van der Waals surface area contributed by atoms with Crippen molar-refractivity contribution in [3.8, 4) is 0 Å². The van der Waals surface area contributed by atoms with E-state index in [1.165, 1.54) is 16.1 Å². The smallest absolute Gasteiger partial charge is 0.0637 e. The molecule has 1 heterocycles. The molecule has 0 spiro atoms. The highest BCUT2D eigenvalue weighted by atomic mass is 32.2. The zero-order chi connectivity index (χ0) is 14.6. The van der Waals surface area contributed by atoms with Crippen LogP contribution < -0.4 is 10.6 Å². The first-order valence-electron chi connectivity index (χ1n) is 7.49. The molecule has 1 aliphatic heterocycles. The second-order valence-electron chi connectivity index (χ2n) is 5.73. The van der Waals surface area contributed by atoms with Crippen molar-refractivity contribution in [2.24, 2.45) is 5.73 Å². The summed E-state index contributed by atoms with van der Waals surface area (Å²) in [5.74, 6) is 1.06. The first-order chi connectivity index (χ1) is 9.57. The fourth-order valence-electron chi connectivity index (χ4n) is 2.85. The van der Waals surface area contributed by atoms with Crippen LogP contribution in [0.15, 0.2) is 23.1 Å². The van der Waals surface area contributed by atoms with Crippen LogP contribution in [0.2, 0.25) is 0 Å². The SMILES string of the molecule is CCSc1cccc(N2CCCC(C)(O)CC2)c1CN. The van der Waals surface area contributed by atoms with Crippen LogP contribution >= 0.6 is 11.8 Å². The first kappa shape index (κ1) is 15.7. The number of nitrogens with two attached hydrogens (primary N) is 1. The Balaban J connectivity index is 2.25. The number of anilines is 1. The van der Waals surface area contributed by atoms with Crippen LogP contribution in [0.4, 0.5) is 5.69 Å². The lowest BCUT2D eigenvalue weighted by Gasteiger charge is -2.27. The monoisotopic (exact) mass is 294 g/mol. The molecule has 0 amide bonds. The molecule has 0 saturated carbocycles. The molecule has 0 radical (unpaired) electrons. The number of nitrogens with zero attached hydrogens (tertiary/aromatic N) is 1. The van der Waals surface area contributed by atoms with Gasteiger partial charge in [0.05, 0.1) is 5.60 Å². The van der Waals surface area contributed by atoms with E-state index in [0.717, 1.165) is 38.1 Å². The van der Waals surface area contributed by atoms with Gasteiger partial charge in [0.1, 0.15) is 0 Å². The van der Waals surface area contributed by atoms with E-state index in [1.54, 1.807) is 0 Å².